The van der Waals surface area contributed by atoms with E-state index in [1.165, 1.54) is 25.7 Å². The molecule has 0 bridgehead atoms. The highest BCUT2D eigenvalue weighted by Gasteiger charge is 2.21. The molecule has 0 N–H and O–H groups in total. The minimum Gasteiger partial charge on any atom is -0.381 e. The summed E-state index contributed by atoms with van der Waals surface area (Å²) in [5.41, 5.74) is 0. The second kappa shape index (κ2) is 6.44. The van der Waals surface area contributed by atoms with Crippen LogP contribution in [0.3, 0.4) is 0 Å². The Morgan fingerprint density at radius 1 is 1.08 bits per heavy atom. The van der Waals surface area contributed by atoms with Gasteiger partial charge in [0.15, 0.2) is 0 Å². The SMILES string of the molecule is [CH2]COCCCCCOC1CC1. The molecule has 0 spiro atoms. The van der Waals surface area contributed by atoms with E-state index in [-0.39, 0.29) is 0 Å². The van der Waals surface area contributed by atoms with Crippen LogP contribution in [0.5, 0.6) is 0 Å². The van der Waals surface area contributed by atoms with Gasteiger partial charge in [0.2, 0.25) is 0 Å². The lowest BCUT2D eigenvalue weighted by atomic mass is 10.2. The van der Waals surface area contributed by atoms with Gasteiger partial charge in [-0.3, -0.25) is 0 Å². The molecule has 1 aliphatic carbocycles. The zero-order chi connectivity index (χ0) is 8.65. The molecule has 0 aromatic heterocycles. The van der Waals surface area contributed by atoms with E-state index in [9.17, 15) is 0 Å². The van der Waals surface area contributed by atoms with E-state index in [0.717, 1.165) is 19.6 Å². The molecule has 1 rings (SSSR count). The lowest BCUT2D eigenvalue weighted by Gasteiger charge is -2.02. The van der Waals surface area contributed by atoms with Crippen LogP contribution in [0.15, 0.2) is 0 Å². The fourth-order valence-electron chi connectivity index (χ4n) is 1.07. The lowest BCUT2D eigenvalue weighted by molar-refractivity contribution is 0.110. The zero-order valence-electron chi connectivity index (χ0n) is 7.76. The van der Waals surface area contributed by atoms with Crippen LogP contribution in [-0.2, 0) is 9.47 Å². The molecule has 1 radical (unpaired) electrons. The molecule has 1 fully saturated rings. The molecule has 0 unspecified atom stereocenters. The zero-order valence-corrected chi connectivity index (χ0v) is 7.76. The first-order valence-corrected chi connectivity index (χ1v) is 4.92. The van der Waals surface area contributed by atoms with Gasteiger partial charge in [-0.1, -0.05) is 0 Å². The molecule has 0 aliphatic heterocycles. The minimum absolute atomic E-state index is 0.596. The Labute approximate surface area is 75.2 Å². The maximum absolute atomic E-state index is 5.51. The summed E-state index contributed by atoms with van der Waals surface area (Å²) in [5.74, 6) is 0. The van der Waals surface area contributed by atoms with Crippen LogP contribution in [0.4, 0.5) is 0 Å². The standard InChI is InChI=1S/C10H19O2/c1-2-11-8-4-3-5-9-12-10-6-7-10/h10H,1-9H2. The smallest absolute Gasteiger partial charge is 0.0577 e. The van der Waals surface area contributed by atoms with E-state index in [0.29, 0.717) is 12.7 Å². The van der Waals surface area contributed by atoms with Gasteiger partial charge in [-0.25, -0.2) is 0 Å². The van der Waals surface area contributed by atoms with E-state index in [1.54, 1.807) is 0 Å². The van der Waals surface area contributed by atoms with Crippen molar-refractivity contribution in [2.75, 3.05) is 19.8 Å². The summed E-state index contributed by atoms with van der Waals surface area (Å²) in [6.07, 6.45) is 6.71. The monoisotopic (exact) mass is 171 g/mol. The molecule has 2 heteroatoms. The van der Waals surface area contributed by atoms with Crippen LogP contribution < -0.4 is 0 Å². The van der Waals surface area contributed by atoms with Gasteiger partial charge in [-0.15, -0.1) is 0 Å². The first-order chi connectivity index (χ1) is 5.93. The number of rotatable bonds is 8. The van der Waals surface area contributed by atoms with Gasteiger partial charge in [0, 0.05) is 19.8 Å². The van der Waals surface area contributed by atoms with Gasteiger partial charge >= 0.3 is 0 Å². The Morgan fingerprint density at radius 2 is 1.83 bits per heavy atom. The Balaban J connectivity index is 1.65. The predicted molar refractivity (Wildman–Crippen MR) is 49.0 cm³/mol. The van der Waals surface area contributed by atoms with Crippen LogP contribution in [0.25, 0.3) is 0 Å². The van der Waals surface area contributed by atoms with Gasteiger partial charge in [-0.05, 0) is 39.0 Å². The molecule has 1 saturated carbocycles. The molecule has 2 nitrogen and oxygen atoms in total. The van der Waals surface area contributed by atoms with E-state index in [2.05, 4.69) is 6.92 Å². The van der Waals surface area contributed by atoms with Crippen molar-refractivity contribution in [3.63, 3.8) is 0 Å². The predicted octanol–water partition coefficient (Wildman–Crippen LogP) is 2.19. The highest BCUT2D eigenvalue weighted by Crippen LogP contribution is 2.23. The van der Waals surface area contributed by atoms with E-state index < -0.39 is 0 Å². The van der Waals surface area contributed by atoms with Crippen molar-refractivity contribution in [3.05, 3.63) is 6.92 Å². The maximum atomic E-state index is 5.51. The first-order valence-electron chi connectivity index (χ1n) is 4.92. The molecular formula is C10H19O2. The summed E-state index contributed by atoms with van der Waals surface area (Å²) in [6, 6.07) is 0. The molecule has 0 aromatic carbocycles. The summed E-state index contributed by atoms with van der Waals surface area (Å²) < 4.78 is 10.6. The van der Waals surface area contributed by atoms with Crippen molar-refractivity contribution in [1.82, 2.24) is 0 Å². The van der Waals surface area contributed by atoms with Crippen molar-refractivity contribution in [2.24, 2.45) is 0 Å². The fourth-order valence-corrected chi connectivity index (χ4v) is 1.07. The number of ether oxygens (including phenoxy) is 2. The highest BCUT2D eigenvalue weighted by molar-refractivity contribution is 4.72. The Hall–Kier alpha value is -0.0800. The normalized spacial score (nSPS) is 16.8. The third-order valence-electron chi connectivity index (χ3n) is 1.96. The van der Waals surface area contributed by atoms with E-state index >= 15 is 0 Å². The van der Waals surface area contributed by atoms with Crippen LogP contribution >= 0.6 is 0 Å². The maximum Gasteiger partial charge on any atom is 0.0577 e. The Bertz CT molecular complexity index is 100. The summed E-state index contributed by atoms with van der Waals surface area (Å²) in [5, 5.41) is 0. The minimum atomic E-state index is 0.596. The number of unbranched alkanes of at least 4 members (excludes halogenated alkanes) is 2. The quantitative estimate of drug-likeness (QED) is 0.521. The Kier molecular flexibility index (Phi) is 5.37. The van der Waals surface area contributed by atoms with Gasteiger partial charge in [-0.2, -0.15) is 0 Å². The first kappa shape index (κ1) is 10.0. The Morgan fingerprint density at radius 3 is 2.50 bits per heavy atom. The average Bonchev–Trinajstić information content (AvgIpc) is 2.87. The average molecular weight is 171 g/mol. The highest BCUT2D eigenvalue weighted by atomic mass is 16.5. The summed E-state index contributed by atoms with van der Waals surface area (Å²) in [6.45, 7) is 5.99. The van der Waals surface area contributed by atoms with E-state index in [1.807, 2.05) is 0 Å². The third-order valence-corrected chi connectivity index (χ3v) is 1.96. The summed E-state index contributed by atoms with van der Waals surface area (Å²) in [7, 11) is 0. The van der Waals surface area contributed by atoms with Gasteiger partial charge < -0.3 is 9.47 Å². The van der Waals surface area contributed by atoms with Crippen molar-refractivity contribution in [2.45, 2.75) is 38.2 Å². The van der Waals surface area contributed by atoms with Gasteiger partial charge in [0.25, 0.3) is 0 Å². The number of hydrogen-bond donors (Lipinski definition) is 0. The summed E-state index contributed by atoms with van der Waals surface area (Å²) in [4.78, 5) is 0. The largest absolute Gasteiger partial charge is 0.381 e. The van der Waals surface area contributed by atoms with Crippen LogP contribution in [-0.4, -0.2) is 25.9 Å². The van der Waals surface area contributed by atoms with Crippen LogP contribution in [0, 0.1) is 6.92 Å². The van der Waals surface area contributed by atoms with Crippen molar-refractivity contribution < 1.29 is 9.47 Å². The second-order valence-corrected chi connectivity index (χ2v) is 3.24. The lowest BCUT2D eigenvalue weighted by Crippen LogP contribution is -1.98. The van der Waals surface area contributed by atoms with Crippen molar-refractivity contribution in [1.29, 1.82) is 0 Å². The molecule has 0 aromatic rings. The van der Waals surface area contributed by atoms with Gasteiger partial charge in [0.1, 0.15) is 0 Å². The number of hydrogen-bond acceptors (Lipinski definition) is 2. The molecule has 1 aliphatic rings. The molecule has 0 amide bonds. The topological polar surface area (TPSA) is 18.5 Å². The van der Waals surface area contributed by atoms with Crippen molar-refractivity contribution >= 4 is 0 Å². The molecular weight excluding hydrogens is 152 g/mol. The fraction of sp³-hybridized carbons (Fsp3) is 0.900. The molecule has 12 heavy (non-hydrogen) atoms. The molecule has 0 saturated heterocycles. The molecule has 0 heterocycles. The third kappa shape index (κ3) is 5.56. The van der Waals surface area contributed by atoms with Crippen molar-refractivity contribution in [3.8, 4) is 0 Å². The van der Waals surface area contributed by atoms with E-state index in [4.69, 9.17) is 9.47 Å². The molecule has 0 atom stereocenters. The van der Waals surface area contributed by atoms with Gasteiger partial charge in [0.05, 0.1) is 6.10 Å². The summed E-state index contributed by atoms with van der Waals surface area (Å²) >= 11 is 0. The van der Waals surface area contributed by atoms with Crippen LogP contribution in [0.1, 0.15) is 32.1 Å². The molecule has 71 valence electrons. The second-order valence-electron chi connectivity index (χ2n) is 3.24. The van der Waals surface area contributed by atoms with Crippen LogP contribution in [0.2, 0.25) is 0 Å².